The molecule has 0 fully saturated rings. The summed E-state index contributed by atoms with van der Waals surface area (Å²) < 4.78 is 39.0. The highest BCUT2D eigenvalue weighted by atomic mass is 19.4. The van der Waals surface area contributed by atoms with Crippen LogP contribution in [0.1, 0.15) is 40.7 Å². The number of hydrogen-bond acceptors (Lipinski definition) is 2. The van der Waals surface area contributed by atoms with E-state index in [2.05, 4.69) is 4.98 Å². The van der Waals surface area contributed by atoms with Crippen molar-refractivity contribution < 1.29 is 18.0 Å². The van der Waals surface area contributed by atoms with Crippen molar-refractivity contribution in [2.75, 3.05) is 0 Å². The Kier molecular flexibility index (Phi) is 4.40. The Morgan fingerprint density at radius 2 is 1.86 bits per heavy atom. The third kappa shape index (κ3) is 3.29. The number of carbonyl (C=O) groups is 1. The van der Waals surface area contributed by atoms with E-state index in [0.717, 1.165) is 18.5 Å². The van der Waals surface area contributed by atoms with Crippen LogP contribution in [0.3, 0.4) is 0 Å². The minimum Gasteiger partial charge on any atom is -0.293 e. The van der Waals surface area contributed by atoms with E-state index in [1.165, 1.54) is 0 Å². The van der Waals surface area contributed by atoms with Gasteiger partial charge < -0.3 is 0 Å². The number of ketones is 1. The number of halogens is 3. The van der Waals surface area contributed by atoms with Crippen LogP contribution in [0, 0.1) is 0 Å². The van der Waals surface area contributed by atoms with Gasteiger partial charge in [0.15, 0.2) is 5.78 Å². The van der Waals surface area contributed by atoms with E-state index in [1.807, 2.05) is 0 Å². The van der Waals surface area contributed by atoms with Crippen LogP contribution < -0.4 is 0 Å². The van der Waals surface area contributed by atoms with Crippen molar-refractivity contribution in [3.8, 4) is 0 Å². The summed E-state index contributed by atoms with van der Waals surface area (Å²) in [6.45, 7) is 1.78. The number of hydrogen-bond donors (Lipinski definition) is 0. The van der Waals surface area contributed by atoms with Crippen LogP contribution in [0.4, 0.5) is 13.2 Å². The topological polar surface area (TPSA) is 30.0 Å². The quantitative estimate of drug-likeness (QED) is 0.778. The van der Waals surface area contributed by atoms with Crippen LogP contribution >= 0.6 is 0 Å². The fourth-order valence-corrected chi connectivity index (χ4v) is 2.28. The van der Waals surface area contributed by atoms with E-state index < -0.39 is 23.4 Å². The highest BCUT2D eigenvalue weighted by Crippen LogP contribution is 2.34. The first kappa shape index (κ1) is 15.2. The van der Waals surface area contributed by atoms with Crippen LogP contribution in [-0.4, -0.2) is 10.8 Å². The molecule has 1 unspecified atom stereocenters. The van der Waals surface area contributed by atoms with Gasteiger partial charge in [-0.2, -0.15) is 13.2 Å². The van der Waals surface area contributed by atoms with Crippen LogP contribution in [0.2, 0.25) is 0 Å². The maximum absolute atomic E-state index is 13.0. The molecular weight excluding hydrogens is 279 g/mol. The molecule has 1 atom stereocenters. The second-order valence-corrected chi connectivity index (χ2v) is 4.65. The summed E-state index contributed by atoms with van der Waals surface area (Å²) in [6.07, 6.45) is -2.10. The van der Waals surface area contributed by atoms with Crippen LogP contribution in [0.5, 0.6) is 0 Å². The lowest BCUT2D eigenvalue weighted by molar-refractivity contribution is -0.138. The maximum Gasteiger partial charge on any atom is 0.417 e. The average molecular weight is 293 g/mol. The van der Waals surface area contributed by atoms with Gasteiger partial charge in [-0.3, -0.25) is 9.78 Å². The van der Waals surface area contributed by atoms with E-state index >= 15 is 0 Å². The molecule has 5 heteroatoms. The molecule has 0 aliphatic heterocycles. The first-order valence-corrected chi connectivity index (χ1v) is 6.55. The molecule has 2 aromatic rings. The second kappa shape index (κ2) is 6.08. The monoisotopic (exact) mass is 293 g/mol. The Bertz CT molecular complexity index is 623. The third-order valence-electron chi connectivity index (χ3n) is 3.32. The molecule has 1 heterocycles. The molecule has 0 N–H and O–H groups in total. The number of benzene rings is 1. The number of carbonyl (C=O) groups excluding carboxylic acids is 1. The van der Waals surface area contributed by atoms with Gasteiger partial charge in [0.05, 0.1) is 5.56 Å². The summed E-state index contributed by atoms with van der Waals surface area (Å²) in [5.41, 5.74) is -0.598. The standard InChI is InChI=1S/C16H14F3NO/c1-2-12(11-6-4-3-5-7-11)15(21)13-10-20-9-8-14(13)16(17,18)19/h3-10,12H,2H2,1H3. The SMILES string of the molecule is CCC(C(=O)c1cnccc1C(F)(F)F)c1ccccc1. The molecule has 0 aliphatic rings. The largest absolute Gasteiger partial charge is 0.417 e. The van der Waals surface area contributed by atoms with Crippen LogP contribution in [0.25, 0.3) is 0 Å². The lowest BCUT2D eigenvalue weighted by Crippen LogP contribution is -2.18. The van der Waals surface area contributed by atoms with Gasteiger partial charge in [-0.25, -0.2) is 0 Å². The molecule has 0 spiro atoms. The van der Waals surface area contributed by atoms with Crippen molar-refractivity contribution in [2.24, 2.45) is 0 Å². The molecule has 0 saturated heterocycles. The van der Waals surface area contributed by atoms with E-state index in [-0.39, 0.29) is 5.56 Å². The van der Waals surface area contributed by atoms with Gasteiger partial charge >= 0.3 is 6.18 Å². The number of Topliss-reactive ketones (excluding diaryl/α,β-unsaturated/α-hetero) is 1. The zero-order valence-electron chi connectivity index (χ0n) is 11.4. The fraction of sp³-hybridized carbons (Fsp3) is 0.250. The molecule has 110 valence electrons. The van der Waals surface area contributed by atoms with Gasteiger partial charge in [0, 0.05) is 23.9 Å². The van der Waals surface area contributed by atoms with Crippen molar-refractivity contribution in [1.82, 2.24) is 4.98 Å². The van der Waals surface area contributed by atoms with Crippen LogP contribution in [0.15, 0.2) is 48.8 Å². The highest BCUT2D eigenvalue weighted by molar-refractivity contribution is 6.02. The normalized spacial score (nSPS) is 13.0. The molecule has 0 amide bonds. The van der Waals surface area contributed by atoms with E-state index in [4.69, 9.17) is 0 Å². The number of pyridine rings is 1. The van der Waals surface area contributed by atoms with E-state index in [0.29, 0.717) is 12.0 Å². The van der Waals surface area contributed by atoms with E-state index in [9.17, 15) is 18.0 Å². The third-order valence-corrected chi connectivity index (χ3v) is 3.32. The Balaban J connectivity index is 2.44. The summed E-state index contributed by atoms with van der Waals surface area (Å²) in [7, 11) is 0. The fourth-order valence-electron chi connectivity index (χ4n) is 2.28. The summed E-state index contributed by atoms with van der Waals surface area (Å²) >= 11 is 0. The summed E-state index contributed by atoms with van der Waals surface area (Å²) in [6, 6.07) is 9.65. The number of nitrogens with zero attached hydrogens (tertiary/aromatic N) is 1. The maximum atomic E-state index is 13.0. The Morgan fingerprint density at radius 3 is 2.43 bits per heavy atom. The summed E-state index contributed by atoms with van der Waals surface area (Å²) in [5, 5.41) is 0. The molecule has 21 heavy (non-hydrogen) atoms. The van der Waals surface area contributed by atoms with Gasteiger partial charge in [-0.15, -0.1) is 0 Å². The van der Waals surface area contributed by atoms with Crippen LogP contribution in [-0.2, 0) is 6.18 Å². The second-order valence-electron chi connectivity index (χ2n) is 4.65. The predicted octanol–water partition coefficient (Wildman–Crippen LogP) is 4.48. The number of aromatic nitrogens is 1. The predicted molar refractivity (Wildman–Crippen MR) is 73.0 cm³/mol. The van der Waals surface area contributed by atoms with Crippen molar-refractivity contribution >= 4 is 5.78 Å². The van der Waals surface area contributed by atoms with E-state index in [1.54, 1.807) is 37.3 Å². The Labute approximate surface area is 120 Å². The highest BCUT2D eigenvalue weighted by Gasteiger charge is 2.36. The molecule has 0 radical (unpaired) electrons. The minimum atomic E-state index is -4.57. The van der Waals surface area contributed by atoms with Crippen molar-refractivity contribution in [2.45, 2.75) is 25.4 Å². The van der Waals surface area contributed by atoms with Gasteiger partial charge in [-0.05, 0) is 18.1 Å². The van der Waals surface area contributed by atoms with Crippen molar-refractivity contribution in [1.29, 1.82) is 0 Å². The lowest BCUT2D eigenvalue weighted by Gasteiger charge is -2.17. The molecular formula is C16H14F3NO. The molecule has 0 saturated carbocycles. The Morgan fingerprint density at radius 1 is 1.19 bits per heavy atom. The zero-order valence-corrected chi connectivity index (χ0v) is 11.4. The summed E-state index contributed by atoms with van der Waals surface area (Å²) in [4.78, 5) is 16.2. The average Bonchev–Trinajstić information content (AvgIpc) is 2.48. The molecule has 0 bridgehead atoms. The number of rotatable bonds is 4. The number of alkyl halides is 3. The molecule has 2 rings (SSSR count). The smallest absolute Gasteiger partial charge is 0.293 e. The first-order chi connectivity index (χ1) is 9.95. The van der Waals surface area contributed by atoms with Gasteiger partial charge in [0.1, 0.15) is 0 Å². The molecule has 0 aliphatic carbocycles. The molecule has 1 aromatic carbocycles. The molecule has 2 nitrogen and oxygen atoms in total. The van der Waals surface area contributed by atoms with Gasteiger partial charge in [0.25, 0.3) is 0 Å². The van der Waals surface area contributed by atoms with Gasteiger partial charge in [0.2, 0.25) is 0 Å². The molecule has 1 aromatic heterocycles. The minimum absolute atomic E-state index is 0.374. The Hall–Kier alpha value is -2.17. The first-order valence-electron chi connectivity index (χ1n) is 6.55. The zero-order chi connectivity index (χ0) is 15.5. The van der Waals surface area contributed by atoms with Crippen molar-refractivity contribution in [3.05, 3.63) is 65.5 Å². The lowest BCUT2D eigenvalue weighted by atomic mass is 9.87. The van der Waals surface area contributed by atoms with Crippen molar-refractivity contribution in [3.63, 3.8) is 0 Å². The summed E-state index contributed by atoms with van der Waals surface area (Å²) in [5.74, 6) is -1.15. The van der Waals surface area contributed by atoms with Gasteiger partial charge in [-0.1, -0.05) is 37.3 Å².